The summed E-state index contributed by atoms with van der Waals surface area (Å²) in [5.41, 5.74) is 6.58. The molecule has 98 valence electrons. The molecular formula is C13H18ClN3O. The van der Waals surface area contributed by atoms with E-state index in [4.69, 9.17) is 17.3 Å². The lowest BCUT2D eigenvalue weighted by Gasteiger charge is -2.36. The van der Waals surface area contributed by atoms with Crippen LogP contribution < -0.4 is 16.4 Å². The molecule has 0 aromatic heterocycles. The van der Waals surface area contributed by atoms with Crippen molar-refractivity contribution >= 4 is 23.2 Å². The Hall–Kier alpha value is -1.26. The molecule has 1 fully saturated rings. The Kier molecular flexibility index (Phi) is 3.78. The fourth-order valence-corrected chi connectivity index (χ4v) is 2.43. The lowest BCUT2D eigenvalue weighted by atomic mass is 9.90. The summed E-state index contributed by atoms with van der Waals surface area (Å²) in [5.74, 6) is -0.461. The predicted octanol–water partition coefficient (Wildman–Crippen LogP) is 1.99. The summed E-state index contributed by atoms with van der Waals surface area (Å²) in [5, 5.41) is 7.27. The number of nitrogens with two attached hydrogens (primary N) is 1. The zero-order valence-corrected chi connectivity index (χ0v) is 11.2. The van der Waals surface area contributed by atoms with Gasteiger partial charge in [-0.3, -0.25) is 4.79 Å². The van der Waals surface area contributed by atoms with Gasteiger partial charge >= 0.3 is 0 Å². The zero-order valence-electron chi connectivity index (χ0n) is 10.4. The number of anilines is 1. The maximum Gasteiger partial charge on any atom is 0.250 e. The first-order valence-electron chi connectivity index (χ1n) is 6.08. The first-order valence-corrected chi connectivity index (χ1v) is 6.46. The molecule has 5 heteroatoms. The van der Waals surface area contributed by atoms with Crippen molar-refractivity contribution in [3.05, 3.63) is 28.8 Å². The molecule has 1 aromatic rings. The molecule has 0 radical (unpaired) electrons. The van der Waals surface area contributed by atoms with Gasteiger partial charge in [-0.1, -0.05) is 11.6 Å². The molecule has 0 aliphatic carbocycles. The lowest BCUT2D eigenvalue weighted by molar-refractivity contribution is 0.100. The van der Waals surface area contributed by atoms with E-state index in [0.717, 1.165) is 31.6 Å². The van der Waals surface area contributed by atoms with E-state index in [2.05, 4.69) is 17.6 Å². The highest BCUT2D eigenvalue weighted by molar-refractivity contribution is 6.31. The number of piperidine rings is 1. The number of carbonyl (C=O) groups is 1. The van der Waals surface area contributed by atoms with Crippen LogP contribution in [0.25, 0.3) is 0 Å². The Morgan fingerprint density at radius 3 is 2.72 bits per heavy atom. The molecule has 0 bridgehead atoms. The van der Waals surface area contributed by atoms with Crippen LogP contribution >= 0.6 is 11.6 Å². The largest absolute Gasteiger partial charge is 0.379 e. The second-order valence-corrected chi connectivity index (χ2v) is 5.43. The predicted molar refractivity (Wildman–Crippen MR) is 74.1 cm³/mol. The first-order chi connectivity index (χ1) is 8.50. The number of carbonyl (C=O) groups excluding carboxylic acids is 1. The van der Waals surface area contributed by atoms with Crippen LogP contribution in [0.1, 0.15) is 30.1 Å². The molecule has 0 saturated carbocycles. The van der Waals surface area contributed by atoms with Crippen molar-refractivity contribution in [1.29, 1.82) is 0 Å². The van der Waals surface area contributed by atoms with Crippen LogP contribution in [0.2, 0.25) is 5.02 Å². The van der Waals surface area contributed by atoms with Gasteiger partial charge in [0.2, 0.25) is 0 Å². The van der Waals surface area contributed by atoms with E-state index in [9.17, 15) is 4.79 Å². The van der Waals surface area contributed by atoms with Gasteiger partial charge in [-0.25, -0.2) is 0 Å². The average Bonchev–Trinajstić information content (AvgIpc) is 2.32. The third-order valence-corrected chi connectivity index (χ3v) is 3.63. The molecule has 0 unspecified atom stereocenters. The van der Waals surface area contributed by atoms with Crippen molar-refractivity contribution in [3.63, 3.8) is 0 Å². The highest BCUT2D eigenvalue weighted by atomic mass is 35.5. The zero-order chi connectivity index (χ0) is 13.2. The molecule has 1 aromatic carbocycles. The number of primary amides is 1. The maximum atomic E-state index is 11.4. The fraction of sp³-hybridized carbons (Fsp3) is 0.462. The number of benzene rings is 1. The lowest BCUT2D eigenvalue weighted by Crippen LogP contribution is -2.45. The quantitative estimate of drug-likeness (QED) is 0.785. The topological polar surface area (TPSA) is 67.1 Å². The van der Waals surface area contributed by atoms with Gasteiger partial charge in [-0.15, -0.1) is 0 Å². The minimum absolute atomic E-state index is 0.0106. The monoisotopic (exact) mass is 267 g/mol. The van der Waals surface area contributed by atoms with Crippen LogP contribution in [0.3, 0.4) is 0 Å². The summed E-state index contributed by atoms with van der Waals surface area (Å²) in [4.78, 5) is 11.4. The summed E-state index contributed by atoms with van der Waals surface area (Å²) in [6.07, 6.45) is 2.02. The molecule has 0 atom stereocenters. The summed E-state index contributed by atoms with van der Waals surface area (Å²) in [6.45, 7) is 4.11. The van der Waals surface area contributed by atoms with Crippen molar-refractivity contribution in [2.75, 3.05) is 18.4 Å². The SMILES string of the molecule is CC1(Nc2ccc(Cl)cc2C(N)=O)CCNCC1. The molecule has 1 saturated heterocycles. The van der Waals surface area contributed by atoms with Crippen LogP contribution in [-0.4, -0.2) is 24.5 Å². The Labute approximate surface area is 112 Å². The van der Waals surface area contributed by atoms with E-state index >= 15 is 0 Å². The van der Waals surface area contributed by atoms with Crippen molar-refractivity contribution < 1.29 is 4.79 Å². The smallest absolute Gasteiger partial charge is 0.250 e. The average molecular weight is 268 g/mol. The molecule has 4 nitrogen and oxygen atoms in total. The van der Waals surface area contributed by atoms with Gasteiger partial charge in [0.1, 0.15) is 0 Å². The van der Waals surface area contributed by atoms with Gasteiger partial charge < -0.3 is 16.4 Å². The summed E-state index contributed by atoms with van der Waals surface area (Å²) >= 11 is 5.89. The standard InChI is InChI=1S/C13H18ClN3O/c1-13(4-6-16-7-5-13)17-11-3-2-9(14)8-10(11)12(15)18/h2-3,8,16-17H,4-7H2,1H3,(H2,15,18). The van der Waals surface area contributed by atoms with Gasteiger partial charge in [0.25, 0.3) is 5.91 Å². The van der Waals surface area contributed by atoms with Crippen LogP contribution in [0.5, 0.6) is 0 Å². The van der Waals surface area contributed by atoms with Crippen molar-refractivity contribution in [2.45, 2.75) is 25.3 Å². The molecule has 1 amide bonds. The fourth-order valence-electron chi connectivity index (χ4n) is 2.26. The third kappa shape index (κ3) is 2.94. The van der Waals surface area contributed by atoms with Gasteiger partial charge in [-0.05, 0) is 51.1 Å². The number of hydrogen-bond donors (Lipinski definition) is 3. The summed E-state index contributed by atoms with van der Waals surface area (Å²) in [7, 11) is 0. The molecule has 4 N–H and O–H groups in total. The van der Waals surface area contributed by atoms with Crippen LogP contribution in [0, 0.1) is 0 Å². The third-order valence-electron chi connectivity index (χ3n) is 3.39. The minimum atomic E-state index is -0.461. The van der Waals surface area contributed by atoms with Crippen LogP contribution in [0.15, 0.2) is 18.2 Å². The number of amides is 1. The second kappa shape index (κ2) is 5.16. The Morgan fingerprint density at radius 1 is 1.44 bits per heavy atom. The molecular weight excluding hydrogens is 250 g/mol. The van der Waals surface area contributed by atoms with Crippen LogP contribution in [0.4, 0.5) is 5.69 Å². The molecule has 1 heterocycles. The van der Waals surface area contributed by atoms with E-state index in [1.807, 2.05) is 6.07 Å². The first kappa shape index (κ1) is 13.2. The number of nitrogens with one attached hydrogen (secondary N) is 2. The van der Waals surface area contributed by atoms with E-state index < -0.39 is 5.91 Å². The summed E-state index contributed by atoms with van der Waals surface area (Å²) in [6, 6.07) is 5.19. The van der Waals surface area contributed by atoms with E-state index in [1.165, 1.54) is 0 Å². The molecule has 1 aliphatic rings. The maximum absolute atomic E-state index is 11.4. The van der Waals surface area contributed by atoms with Gasteiger partial charge in [0.15, 0.2) is 0 Å². The number of rotatable bonds is 3. The highest BCUT2D eigenvalue weighted by Crippen LogP contribution is 2.27. The Bertz CT molecular complexity index is 456. The molecule has 2 rings (SSSR count). The Balaban J connectivity index is 2.25. The molecule has 0 spiro atoms. The van der Waals surface area contributed by atoms with Crippen molar-refractivity contribution in [2.24, 2.45) is 5.73 Å². The molecule has 1 aliphatic heterocycles. The van der Waals surface area contributed by atoms with Crippen molar-refractivity contribution in [1.82, 2.24) is 5.32 Å². The molecule has 18 heavy (non-hydrogen) atoms. The number of halogens is 1. The van der Waals surface area contributed by atoms with E-state index in [0.29, 0.717) is 10.6 Å². The van der Waals surface area contributed by atoms with Crippen molar-refractivity contribution in [3.8, 4) is 0 Å². The normalized spacial score (nSPS) is 18.3. The second-order valence-electron chi connectivity index (χ2n) is 4.99. The van der Waals surface area contributed by atoms with Crippen LogP contribution in [-0.2, 0) is 0 Å². The Morgan fingerprint density at radius 2 is 2.11 bits per heavy atom. The van der Waals surface area contributed by atoms with E-state index in [-0.39, 0.29) is 5.54 Å². The highest BCUT2D eigenvalue weighted by Gasteiger charge is 2.27. The van der Waals surface area contributed by atoms with E-state index in [1.54, 1.807) is 12.1 Å². The van der Waals surface area contributed by atoms with Gasteiger partial charge in [-0.2, -0.15) is 0 Å². The van der Waals surface area contributed by atoms with Gasteiger partial charge in [0.05, 0.1) is 5.56 Å². The number of hydrogen-bond acceptors (Lipinski definition) is 3. The summed E-state index contributed by atoms with van der Waals surface area (Å²) < 4.78 is 0. The van der Waals surface area contributed by atoms with Gasteiger partial charge in [0, 0.05) is 16.2 Å². The minimum Gasteiger partial charge on any atom is -0.379 e.